The molecule has 4 heteroatoms. The smallest absolute Gasteiger partial charge is 0.308 e. The number of ether oxygens (including phenoxy) is 2. The fourth-order valence-corrected chi connectivity index (χ4v) is 5.91. The monoisotopic (exact) mass is 631 g/mol. The van der Waals surface area contributed by atoms with Crippen LogP contribution in [0.3, 0.4) is 0 Å². The molecule has 4 nitrogen and oxygen atoms in total. The minimum atomic E-state index is -0.306. The van der Waals surface area contributed by atoms with E-state index in [1.807, 2.05) is 30.3 Å². The summed E-state index contributed by atoms with van der Waals surface area (Å²) >= 11 is 0. The van der Waals surface area contributed by atoms with Crippen LogP contribution in [0.5, 0.6) is 11.5 Å². The van der Waals surface area contributed by atoms with Gasteiger partial charge >= 0.3 is 5.97 Å². The van der Waals surface area contributed by atoms with Crippen LogP contribution in [-0.4, -0.2) is 13.1 Å². The summed E-state index contributed by atoms with van der Waals surface area (Å²) in [6, 6.07) is 51.4. The molecule has 0 N–H and O–H groups in total. The molecular formula is C44H41NO3. The number of hydrogen-bond acceptors (Lipinski definition) is 4. The van der Waals surface area contributed by atoms with E-state index in [0.29, 0.717) is 5.75 Å². The van der Waals surface area contributed by atoms with Gasteiger partial charge in [-0.05, 0) is 127 Å². The quantitative estimate of drug-likeness (QED) is 0.0995. The average Bonchev–Trinajstić information content (AvgIpc) is 3.12. The van der Waals surface area contributed by atoms with E-state index < -0.39 is 0 Å². The Hall–Kier alpha value is -5.61. The minimum Gasteiger partial charge on any atom is -0.497 e. The molecule has 0 saturated carbocycles. The summed E-state index contributed by atoms with van der Waals surface area (Å²) in [6.45, 7) is 3.53. The SMILES string of the molecule is COc1cccc(CCc2ccc(N(c3ccc(CCc4ccc(OC(C)=O)cc4)cc3)c3ccc(-c4ccc(C)cc4)cc3)cc2)c1. The van der Waals surface area contributed by atoms with Crippen LogP contribution in [0.25, 0.3) is 11.1 Å². The number of nitrogens with zero attached hydrogens (tertiary/aromatic N) is 1. The van der Waals surface area contributed by atoms with E-state index in [-0.39, 0.29) is 5.97 Å². The lowest BCUT2D eigenvalue weighted by Gasteiger charge is -2.26. The number of carbonyl (C=O) groups is 1. The van der Waals surface area contributed by atoms with Gasteiger partial charge in [-0.3, -0.25) is 4.79 Å². The fourth-order valence-electron chi connectivity index (χ4n) is 5.91. The highest BCUT2D eigenvalue weighted by atomic mass is 16.5. The molecule has 6 aromatic carbocycles. The van der Waals surface area contributed by atoms with Crippen molar-refractivity contribution in [2.24, 2.45) is 0 Å². The highest BCUT2D eigenvalue weighted by Crippen LogP contribution is 2.36. The highest BCUT2D eigenvalue weighted by Gasteiger charge is 2.13. The standard InChI is InChI=1S/C44H41NO3/c1-32-7-19-38(20-8-32)39-21-27-42(28-22-39)45(41-25-15-35(16-26-41)11-12-37-5-4-6-44(31-37)47-3)40-23-13-34(14-24-40)9-10-36-17-29-43(30-18-36)48-33(2)46/h4-8,13-31H,9-12H2,1-3H3. The lowest BCUT2D eigenvalue weighted by Crippen LogP contribution is -2.10. The first-order valence-corrected chi connectivity index (χ1v) is 16.5. The summed E-state index contributed by atoms with van der Waals surface area (Å²) in [5.74, 6) is 1.17. The van der Waals surface area contributed by atoms with Crippen LogP contribution >= 0.6 is 0 Å². The Kier molecular flexibility index (Phi) is 10.3. The van der Waals surface area contributed by atoms with E-state index in [4.69, 9.17) is 9.47 Å². The second kappa shape index (κ2) is 15.3. The predicted molar refractivity (Wildman–Crippen MR) is 197 cm³/mol. The van der Waals surface area contributed by atoms with Crippen LogP contribution in [0.2, 0.25) is 0 Å². The van der Waals surface area contributed by atoms with Crippen molar-refractivity contribution in [3.05, 3.63) is 173 Å². The Morgan fingerprint density at radius 2 is 0.958 bits per heavy atom. The van der Waals surface area contributed by atoms with E-state index in [0.717, 1.165) is 48.5 Å². The van der Waals surface area contributed by atoms with Gasteiger partial charge in [-0.25, -0.2) is 0 Å². The molecule has 0 aliphatic rings. The van der Waals surface area contributed by atoms with Gasteiger partial charge in [0.25, 0.3) is 0 Å². The number of rotatable bonds is 12. The van der Waals surface area contributed by atoms with Crippen LogP contribution in [0, 0.1) is 6.92 Å². The molecule has 0 radical (unpaired) electrons. The first kappa shape index (κ1) is 32.3. The molecule has 48 heavy (non-hydrogen) atoms. The second-order valence-corrected chi connectivity index (χ2v) is 12.2. The number of methoxy groups -OCH3 is 1. The van der Waals surface area contributed by atoms with Crippen molar-refractivity contribution >= 4 is 23.0 Å². The second-order valence-electron chi connectivity index (χ2n) is 12.2. The molecule has 240 valence electrons. The zero-order chi connectivity index (χ0) is 33.3. The Morgan fingerprint density at radius 3 is 1.44 bits per heavy atom. The Bertz CT molecular complexity index is 1930. The summed E-state index contributed by atoms with van der Waals surface area (Å²) in [6.07, 6.45) is 3.74. The van der Waals surface area contributed by atoms with E-state index in [2.05, 4.69) is 127 Å². The summed E-state index contributed by atoms with van der Waals surface area (Å²) in [4.78, 5) is 13.6. The molecule has 0 saturated heterocycles. The maximum Gasteiger partial charge on any atom is 0.308 e. The molecule has 6 aromatic rings. The molecule has 0 aliphatic carbocycles. The van der Waals surface area contributed by atoms with Gasteiger partial charge in [0.2, 0.25) is 0 Å². The Labute approximate surface area is 284 Å². The van der Waals surface area contributed by atoms with Crippen molar-refractivity contribution in [3.8, 4) is 22.6 Å². The van der Waals surface area contributed by atoms with Gasteiger partial charge in [0.05, 0.1) is 7.11 Å². The van der Waals surface area contributed by atoms with E-state index in [1.54, 1.807) is 7.11 Å². The number of benzene rings is 6. The maximum absolute atomic E-state index is 11.2. The number of hydrogen-bond donors (Lipinski definition) is 0. The minimum absolute atomic E-state index is 0.306. The highest BCUT2D eigenvalue weighted by molar-refractivity contribution is 5.78. The Balaban J connectivity index is 1.21. The largest absolute Gasteiger partial charge is 0.497 e. The van der Waals surface area contributed by atoms with Crippen LogP contribution < -0.4 is 14.4 Å². The van der Waals surface area contributed by atoms with Gasteiger partial charge in [0, 0.05) is 24.0 Å². The van der Waals surface area contributed by atoms with Gasteiger partial charge in [0.1, 0.15) is 11.5 Å². The Morgan fingerprint density at radius 1 is 0.521 bits per heavy atom. The van der Waals surface area contributed by atoms with Crippen LogP contribution in [-0.2, 0) is 30.5 Å². The van der Waals surface area contributed by atoms with E-state index in [1.165, 1.54) is 45.9 Å². The van der Waals surface area contributed by atoms with Crippen molar-refractivity contribution in [1.82, 2.24) is 0 Å². The topological polar surface area (TPSA) is 38.8 Å². The lowest BCUT2D eigenvalue weighted by atomic mass is 10.0. The predicted octanol–water partition coefficient (Wildman–Crippen LogP) is 10.6. The first-order valence-electron chi connectivity index (χ1n) is 16.5. The van der Waals surface area contributed by atoms with Gasteiger partial charge < -0.3 is 14.4 Å². The molecular weight excluding hydrogens is 590 g/mol. The molecule has 0 unspecified atom stereocenters. The summed E-state index contributed by atoms with van der Waals surface area (Å²) in [5, 5.41) is 0. The lowest BCUT2D eigenvalue weighted by molar-refractivity contribution is -0.131. The summed E-state index contributed by atoms with van der Waals surface area (Å²) < 4.78 is 10.6. The molecule has 6 rings (SSSR count). The maximum atomic E-state index is 11.2. The van der Waals surface area contributed by atoms with Crippen molar-refractivity contribution in [3.63, 3.8) is 0 Å². The third-order valence-electron chi connectivity index (χ3n) is 8.62. The van der Waals surface area contributed by atoms with Crippen molar-refractivity contribution < 1.29 is 14.3 Å². The molecule has 0 fully saturated rings. The van der Waals surface area contributed by atoms with Crippen molar-refractivity contribution in [1.29, 1.82) is 0 Å². The van der Waals surface area contributed by atoms with Crippen LogP contribution in [0.4, 0.5) is 17.1 Å². The molecule has 0 atom stereocenters. The molecule has 0 heterocycles. The number of carbonyl (C=O) groups excluding carboxylic acids is 1. The van der Waals surface area contributed by atoms with Gasteiger partial charge in [-0.2, -0.15) is 0 Å². The van der Waals surface area contributed by atoms with Gasteiger partial charge in [0.15, 0.2) is 0 Å². The zero-order valence-electron chi connectivity index (χ0n) is 27.9. The third-order valence-corrected chi connectivity index (χ3v) is 8.62. The van der Waals surface area contributed by atoms with E-state index >= 15 is 0 Å². The molecule has 0 aliphatic heterocycles. The van der Waals surface area contributed by atoms with Crippen molar-refractivity contribution in [2.45, 2.75) is 39.5 Å². The third kappa shape index (κ3) is 8.40. The molecule has 0 spiro atoms. The molecule has 0 bridgehead atoms. The number of aryl methyl sites for hydroxylation is 5. The first-order chi connectivity index (χ1) is 23.4. The average molecular weight is 632 g/mol. The van der Waals surface area contributed by atoms with Gasteiger partial charge in [-0.15, -0.1) is 0 Å². The summed E-state index contributed by atoms with van der Waals surface area (Å²) in [7, 11) is 1.71. The normalized spacial score (nSPS) is 10.8. The zero-order valence-corrected chi connectivity index (χ0v) is 27.9. The molecule has 0 amide bonds. The van der Waals surface area contributed by atoms with Crippen LogP contribution in [0.15, 0.2) is 146 Å². The van der Waals surface area contributed by atoms with E-state index in [9.17, 15) is 4.79 Å². The fraction of sp³-hybridized carbons (Fsp3) is 0.159. The van der Waals surface area contributed by atoms with Crippen LogP contribution in [0.1, 0.15) is 34.7 Å². The molecule has 0 aromatic heterocycles. The number of anilines is 3. The summed E-state index contributed by atoms with van der Waals surface area (Å²) in [5.41, 5.74) is 12.0. The van der Waals surface area contributed by atoms with Gasteiger partial charge in [-0.1, -0.05) is 90.5 Å². The number of esters is 1. The van der Waals surface area contributed by atoms with Crippen molar-refractivity contribution in [2.75, 3.05) is 12.0 Å².